The fourth-order valence-electron chi connectivity index (χ4n) is 2.55. The van der Waals surface area contributed by atoms with E-state index in [1.165, 1.54) is 0 Å². The quantitative estimate of drug-likeness (QED) is 0.438. The predicted molar refractivity (Wildman–Crippen MR) is 76.3 cm³/mol. The number of anilines is 2. The summed E-state index contributed by atoms with van der Waals surface area (Å²) in [6.07, 6.45) is 4.23. The Morgan fingerprint density at radius 3 is 2.50 bits per heavy atom. The molecule has 0 radical (unpaired) electrons. The molecule has 8 nitrogen and oxygen atoms in total. The smallest absolute Gasteiger partial charge is 0.332 e. The van der Waals surface area contributed by atoms with Gasteiger partial charge in [0, 0.05) is 6.04 Å². The number of hydrogen-bond donors (Lipinski definition) is 3. The summed E-state index contributed by atoms with van der Waals surface area (Å²) in [6.45, 7) is 3.80. The average molecular weight is 280 g/mol. The lowest BCUT2D eigenvalue weighted by molar-refractivity contribution is -0.385. The van der Waals surface area contributed by atoms with Crippen LogP contribution in [0.1, 0.15) is 38.3 Å². The number of aromatic nitrogens is 2. The molecule has 4 N–H and O–H groups in total. The van der Waals surface area contributed by atoms with Crippen molar-refractivity contribution in [2.75, 3.05) is 10.7 Å². The molecule has 1 aliphatic rings. The number of nitrogens with one attached hydrogen (secondary N) is 2. The maximum atomic E-state index is 11.2. The van der Waals surface area contributed by atoms with Crippen molar-refractivity contribution in [1.82, 2.24) is 9.97 Å². The van der Waals surface area contributed by atoms with Crippen molar-refractivity contribution in [2.24, 2.45) is 11.8 Å². The normalized spacial score (nSPS) is 22.4. The van der Waals surface area contributed by atoms with Crippen molar-refractivity contribution in [3.8, 4) is 0 Å². The third-order valence-electron chi connectivity index (χ3n) is 3.73. The van der Waals surface area contributed by atoms with Crippen molar-refractivity contribution in [2.45, 2.75) is 45.6 Å². The number of nitro groups is 1. The molecule has 1 saturated carbocycles. The Hall–Kier alpha value is -1.96. The van der Waals surface area contributed by atoms with Crippen LogP contribution in [0.15, 0.2) is 0 Å². The van der Waals surface area contributed by atoms with Gasteiger partial charge in [0.25, 0.3) is 0 Å². The third kappa shape index (κ3) is 3.13. The molecule has 2 rings (SSSR count). The van der Waals surface area contributed by atoms with E-state index in [2.05, 4.69) is 27.6 Å². The third-order valence-corrected chi connectivity index (χ3v) is 3.73. The molecule has 110 valence electrons. The fourth-order valence-corrected chi connectivity index (χ4v) is 2.55. The summed E-state index contributed by atoms with van der Waals surface area (Å²) < 4.78 is 0. The first kappa shape index (κ1) is 14.4. The van der Waals surface area contributed by atoms with Crippen molar-refractivity contribution < 1.29 is 4.92 Å². The highest BCUT2D eigenvalue weighted by Crippen LogP contribution is 2.30. The largest absolute Gasteiger partial charge is 0.361 e. The molecule has 8 heteroatoms. The molecular formula is C12H20N6O2. The number of nitrogen functional groups attached to an aromatic ring is 1. The van der Waals surface area contributed by atoms with Gasteiger partial charge in [-0.25, -0.2) is 10.8 Å². The minimum atomic E-state index is -0.455. The number of hydrazine groups is 1. The lowest BCUT2D eigenvalue weighted by atomic mass is 9.87. The van der Waals surface area contributed by atoms with Crippen LogP contribution in [0.3, 0.4) is 0 Å². The summed E-state index contributed by atoms with van der Waals surface area (Å²) in [5.41, 5.74) is 2.55. The zero-order chi connectivity index (χ0) is 14.7. The molecule has 1 aromatic rings. The van der Waals surface area contributed by atoms with Crippen LogP contribution < -0.4 is 16.6 Å². The van der Waals surface area contributed by atoms with Gasteiger partial charge < -0.3 is 5.32 Å². The Balaban J connectivity index is 2.24. The van der Waals surface area contributed by atoms with E-state index < -0.39 is 4.92 Å². The molecule has 1 fully saturated rings. The lowest BCUT2D eigenvalue weighted by Gasteiger charge is -2.27. The van der Waals surface area contributed by atoms with Crippen LogP contribution in [0.4, 0.5) is 17.5 Å². The lowest BCUT2D eigenvalue weighted by Crippen LogP contribution is -2.26. The molecule has 0 atom stereocenters. The van der Waals surface area contributed by atoms with Crippen LogP contribution in [0, 0.1) is 23.0 Å². The van der Waals surface area contributed by atoms with E-state index in [0.717, 1.165) is 31.6 Å². The molecular weight excluding hydrogens is 260 g/mol. The highest BCUT2D eigenvalue weighted by atomic mass is 16.6. The first-order chi connectivity index (χ1) is 9.51. The van der Waals surface area contributed by atoms with Crippen LogP contribution in [-0.4, -0.2) is 20.9 Å². The van der Waals surface area contributed by atoms with E-state index in [-0.39, 0.29) is 23.5 Å². The fraction of sp³-hybridized carbons (Fsp3) is 0.667. The Labute approximate surface area is 117 Å². The van der Waals surface area contributed by atoms with Crippen molar-refractivity contribution in [3.05, 3.63) is 15.8 Å². The summed E-state index contributed by atoms with van der Waals surface area (Å²) in [7, 11) is 0. The number of hydrogen-bond acceptors (Lipinski definition) is 7. The van der Waals surface area contributed by atoms with Gasteiger partial charge in [-0.2, -0.15) is 4.98 Å². The Morgan fingerprint density at radius 2 is 1.95 bits per heavy atom. The monoisotopic (exact) mass is 280 g/mol. The highest BCUT2D eigenvalue weighted by Gasteiger charge is 2.25. The van der Waals surface area contributed by atoms with Crippen LogP contribution in [0.5, 0.6) is 0 Å². The van der Waals surface area contributed by atoms with Gasteiger partial charge in [0.2, 0.25) is 11.8 Å². The van der Waals surface area contributed by atoms with Gasteiger partial charge in [0.1, 0.15) is 5.69 Å². The van der Waals surface area contributed by atoms with Crippen LogP contribution in [0.25, 0.3) is 0 Å². The Kier molecular flexibility index (Phi) is 4.33. The van der Waals surface area contributed by atoms with Gasteiger partial charge in [0.05, 0.1) is 4.92 Å². The number of nitrogens with zero attached hydrogens (tertiary/aromatic N) is 3. The van der Waals surface area contributed by atoms with E-state index >= 15 is 0 Å². The van der Waals surface area contributed by atoms with E-state index in [1.807, 2.05) is 0 Å². The van der Waals surface area contributed by atoms with Crippen molar-refractivity contribution >= 4 is 17.5 Å². The molecule has 1 aromatic heterocycles. The molecule has 1 heterocycles. The zero-order valence-corrected chi connectivity index (χ0v) is 11.7. The van der Waals surface area contributed by atoms with Gasteiger partial charge in [-0.15, -0.1) is 0 Å². The summed E-state index contributed by atoms with van der Waals surface area (Å²) in [5, 5.41) is 14.3. The SMILES string of the molecule is Cc1nc(NN)nc(NC2CCC(C)CC2)c1[N+](=O)[O-]. The standard InChI is InChI=1S/C12H20N6O2/c1-7-3-5-9(6-4-7)15-11-10(18(19)20)8(2)14-12(16-11)17-13/h7,9H,3-6,13H2,1-2H3,(H2,14,15,16,17). The molecule has 0 aliphatic heterocycles. The van der Waals surface area contributed by atoms with Crippen LogP contribution in [-0.2, 0) is 0 Å². The molecule has 0 aromatic carbocycles. The maximum Gasteiger partial charge on any atom is 0.332 e. The minimum Gasteiger partial charge on any atom is -0.361 e. The summed E-state index contributed by atoms with van der Waals surface area (Å²) in [4.78, 5) is 18.8. The minimum absolute atomic E-state index is 0.0809. The Morgan fingerprint density at radius 1 is 1.30 bits per heavy atom. The van der Waals surface area contributed by atoms with E-state index in [4.69, 9.17) is 5.84 Å². The topological polar surface area (TPSA) is 119 Å². The highest BCUT2D eigenvalue weighted by molar-refractivity contribution is 5.61. The van der Waals surface area contributed by atoms with Gasteiger partial charge in [-0.05, 0) is 38.5 Å². The van der Waals surface area contributed by atoms with E-state index in [9.17, 15) is 10.1 Å². The zero-order valence-electron chi connectivity index (χ0n) is 11.7. The number of rotatable bonds is 4. The van der Waals surface area contributed by atoms with Crippen LogP contribution >= 0.6 is 0 Å². The van der Waals surface area contributed by atoms with Crippen molar-refractivity contribution in [1.29, 1.82) is 0 Å². The number of aryl methyl sites for hydroxylation is 1. The first-order valence-corrected chi connectivity index (χ1v) is 6.77. The molecule has 0 saturated heterocycles. The van der Waals surface area contributed by atoms with Gasteiger partial charge >= 0.3 is 5.69 Å². The summed E-state index contributed by atoms with van der Waals surface area (Å²) in [6, 6.07) is 0.213. The molecule has 0 unspecified atom stereocenters. The second-order valence-corrected chi connectivity index (χ2v) is 5.33. The van der Waals surface area contributed by atoms with E-state index in [0.29, 0.717) is 5.69 Å². The molecule has 0 bridgehead atoms. The average Bonchev–Trinajstić information content (AvgIpc) is 2.40. The van der Waals surface area contributed by atoms with E-state index in [1.54, 1.807) is 6.92 Å². The maximum absolute atomic E-state index is 11.2. The molecule has 0 spiro atoms. The summed E-state index contributed by atoms with van der Waals surface area (Å²) in [5.74, 6) is 6.44. The van der Waals surface area contributed by atoms with Crippen LogP contribution in [0.2, 0.25) is 0 Å². The van der Waals surface area contributed by atoms with Gasteiger partial charge in [-0.1, -0.05) is 6.92 Å². The first-order valence-electron chi connectivity index (χ1n) is 6.77. The molecule has 20 heavy (non-hydrogen) atoms. The predicted octanol–water partition coefficient (Wildman–Crippen LogP) is 1.97. The molecule has 1 aliphatic carbocycles. The number of nitrogens with two attached hydrogens (primary N) is 1. The second-order valence-electron chi connectivity index (χ2n) is 5.33. The molecule has 0 amide bonds. The summed E-state index contributed by atoms with van der Waals surface area (Å²) >= 11 is 0. The Bertz CT molecular complexity index is 499. The van der Waals surface area contributed by atoms with Gasteiger partial charge in [0.15, 0.2) is 0 Å². The van der Waals surface area contributed by atoms with Gasteiger partial charge in [-0.3, -0.25) is 15.5 Å². The van der Waals surface area contributed by atoms with Crippen molar-refractivity contribution in [3.63, 3.8) is 0 Å². The second kappa shape index (κ2) is 6.00.